The Morgan fingerprint density at radius 3 is 2.75 bits per heavy atom. The van der Waals surface area contributed by atoms with Crippen molar-refractivity contribution >= 4 is 17.9 Å². The van der Waals surface area contributed by atoms with Crippen LogP contribution in [0.5, 0.6) is 0 Å². The molecule has 1 aliphatic rings. The molecule has 1 aliphatic heterocycles. The Kier molecular flexibility index (Phi) is 4.91. The highest BCUT2D eigenvalue weighted by atomic mass is 32.2. The Morgan fingerprint density at radius 1 is 1.40 bits per heavy atom. The lowest BCUT2D eigenvalue weighted by atomic mass is 10.1. The molecule has 110 valence electrons. The molecule has 1 atom stereocenters. The van der Waals surface area contributed by atoms with Gasteiger partial charge in [0.1, 0.15) is 5.60 Å². The molecule has 1 aromatic rings. The zero-order chi connectivity index (χ0) is 14.6. The standard InChI is InChI=1S/C15H22N2O2S/c1-15(2,3)19-14(18)17-10-4-5-13(11-17)20-12-6-8-16-9-7-12/h6-9,13H,4-5,10-11H2,1-3H3/t13-/m0/s1. The highest BCUT2D eigenvalue weighted by Gasteiger charge is 2.27. The number of carbonyl (C=O) groups excluding carboxylic acids is 1. The maximum Gasteiger partial charge on any atom is 0.410 e. The van der Waals surface area contributed by atoms with E-state index in [9.17, 15) is 4.79 Å². The third-order valence-corrected chi connectivity index (χ3v) is 4.24. The van der Waals surface area contributed by atoms with Crippen molar-refractivity contribution in [3.05, 3.63) is 24.5 Å². The molecule has 0 saturated carbocycles. The molecule has 0 N–H and O–H groups in total. The first-order chi connectivity index (χ1) is 9.44. The van der Waals surface area contributed by atoms with Crippen molar-refractivity contribution in [2.45, 2.75) is 49.4 Å². The van der Waals surface area contributed by atoms with Crippen LogP contribution in [0.3, 0.4) is 0 Å². The quantitative estimate of drug-likeness (QED) is 0.836. The summed E-state index contributed by atoms with van der Waals surface area (Å²) in [5.41, 5.74) is -0.428. The van der Waals surface area contributed by atoms with Gasteiger partial charge < -0.3 is 9.64 Å². The summed E-state index contributed by atoms with van der Waals surface area (Å²) in [6.45, 7) is 7.25. The second-order valence-corrected chi connectivity index (χ2v) is 7.37. The van der Waals surface area contributed by atoms with Crippen LogP contribution in [0.1, 0.15) is 33.6 Å². The van der Waals surface area contributed by atoms with Gasteiger partial charge in [-0.15, -0.1) is 11.8 Å². The van der Waals surface area contributed by atoms with Gasteiger partial charge in [-0.2, -0.15) is 0 Å². The molecule has 0 aromatic carbocycles. The Morgan fingerprint density at radius 2 is 2.10 bits per heavy atom. The van der Waals surface area contributed by atoms with Crippen molar-refractivity contribution in [3.63, 3.8) is 0 Å². The zero-order valence-electron chi connectivity index (χ0n) is 12.3. The van der Waals surface area contributed by atoms with E-state index in [0.717, 1.165) is 25.9 Å². The molecule has 0 radical (unpaired) electrons. The predicted molar refractivity (Wildman–Crippen MR) is 80.9 cm³/mol. The fraction of sp³-hybridized carbons (Fsp3) is 0.600. The van der Waals surface area contributed by atoms with Gasteiger partial charge in [-0.1, -0.05) is 0 Å². The van der Waals surface area contributed by atoms with Crippen molar-refractivity contribution in [2.75, 3.05) is 13.1 Å². The smallest absolute Gasteiger partial charge is 0.410 e. The summed E-state index contributed by atoms with van der Waals surface area (Å²) in [4.78, 5) is 19.2. The summed E-state index contributed by atoms with van der Waals surface area (Å²) in [6, 6.07) is 4.02. The number of rotatable bonds is 2. The molecule has 0 spiro atoms. The summed E-state index contributed by atoms with van der Waals surface area (Å²) in [7, 11) is 0. The Hall–Kier alpha value is -1.23. The Bertz CT molecular complexity index is 445. The Labute approximate surface area is 124 Å². The van der Waals surface area contributed by atoms with Gasteiger partial charge in [-0.3, -0.25) is 4.98 Å². The summed E-state index contributed by atoms with van der Waals surface area (Å²) in [5.74, 6) is 0. The number of amides is 1. The van der Waals surface area contributed by atoms with Crippen LogP contribution in [-0.2, 0) is 4.74 Å². The summed E-state index contributed by atoms with van der Waals surface area (Å²) in [6.07, 6.45) is 5.57. The maximum absolute atomic E-state index is 12.1. The van der Waals surface area contributed by atoms with Crippen LogP contribution in [0.15, 0.2) is 29.4 Å². The first-order valence-electron chi connectivity index (χ1n) is 6.99. The number of piperidine rings is 1. The van der Waals surface area contributed by atoms with E-state index >= 15 is 0 Å². The fourth-order valence-electron chi connectivity index (χ4n) is 2.14. The van der Waals surface area contributed by atoms with Crippen molar-refractivity contribution < 1.29 is 9.53 Å². The molecule has 4 nitrogen and oxygen atoms in total. The number of aromatic nitrogens is 1. The monoisotopic (exact) mass is 294 g/mol. The van der Waals surface area contributed by atoms with Crippen LogP contribution in [0.4, 0.5) is 4.79 Å². The number of thioether (sulfide) groups is 1. The number of ether oxygens (including phenoxy) is 1. The second kappa shape index (κ2) is 6.48. The second-order valence-electron chi connectivity index (χ2n) is 5.99. The van der Waals surface area contributed by atoms with Crippen LogP contribution in [-0.4, -0.2) is 39.9 Å². The van der Waals surface area contributed by atoms with E-state index in [1.54, 1.807) is 12.4 Å². The van der Waals surface area contributed by atoms with Gasteiger partial charge in [-0.05, 0) is 45.7 Å². The first-order valence-corrected chi connectivity index (χ1v) is 7.86. The highest BCUT2D eigenvalue weighted by Crippen LogP contribution is 2.29. The van der Waals surface area contributed by atoms with Gasteiger partial charge in [0.15, 0.2) is 0 Å². The third kappa shape index (κ3) is 4.71. The van der Waals surface area contributed by atoms with Crippen molar-refractivity contribution in [2.24, 2.45) is 0 Å². The van der Waals surface area contributed by atoms with E-state index in [2.05, 4.69) is 4.98 Å². The predicted octanol–water partition coefficient (Wildman–Crippen LogP) is 3.57. The molecule has 5 heteroatoms. The normalized spacial score (nSPS) is 19.8. The lowest BCUT2D eigenvalue weighted by Crippen LogP contribution is -2.43. The van der Waals surface area contributed by atoms with Crippen molar-refractivity contribution in [1.29, 1.82) is 0 Å². The first kappa shape index (κ1) is 15.2. The minimum absolute atomic E-state index is 0.197. The Balaban J connectivity index is 1.90. The molecular weight excluding hydrogens is 272 g/mol. The average molecular weight is 294 g/mol. The van der Waals surface area contributed by atoms with E-state index in [1.165, 1.54) is 4.90 Å². The number of hydrogen-bond acceptors (Lipinski definition) is 4. The van der Waals surface area contributed by atoms with Gasteiger partial charge in [0.05, 0.1) is 0 Å². The summed E-state index contributed by atoms with van der Waals surface area (Å²) in [5, 5.41) is 0.429. The van der Waals surface area contributed by atoms with Crippen LogP contribution < -0.4 is 0 Å². The van der Waals surface area contributed by atoms with Crippen LogP contribution in [0, 0.1) is 0 Å². The van der Waals surface area contributed by atoms with Gasteiger partial charge in [0.2, 0.25) is 0 Å². The molecule has 2 rings (SSSR count). The van der Waals surface area contributed by atoms with Crippen LogP contribution in [0.2, 0.25) is 0 Å². The molecule has 0 aliphatic carbocycles. The van der Waals surface area contributed by atoms with E-state index in [0.29, 0.717) is 5.25 Å². The molecule has 20 heavy (non-hydrogen) atoms. The van der Waals surface area contributed by atoms with Gasteiger partial charge in [0, 0.05) is 35.6 Å². The summed E-state index contributed by atoms with van der Waals surface area (Å²) < 4.78 is 5.44. The number of pyridine rings is 1. The fourth-order valence-corrected chi connectivity index (χ4v) is 3.34. The van der Waals surface area contributed by atoms with E-state index in [4.69, 9.17) is 4.74 Å². The van der Waals surface area contributed by atoms with Crippen LogP contribution in [0.25, 0.3) is 0 Å². The minimum atomic E-state index is -0.428. The highest BCUT2D eigenvalue weighted by molar-refractivity contribution is 8.00. The lowest BCUT2D eigenvalue weighted by Gasteiger charge is -2.33. The third-order valence-electron chi connectivity index (χ3n) is 2.98. The molecule has 2 heterocycles. The van der Waals surface area contributed by atoms with Crippen molar-refractivity contribution in [1.82, 2.24) is 9.88 Å². The molecular formula is C15H22N2O2S. The minimum Gasteiger partial charge on any atom is -0.444 e. The van der Waals surface area contributed by atoms with Gasteiger partial charge in [0.25, 0.3) is 0 Å². The number of hydrogen-bond donors (Lipinski definition) is 0. The van der Waals surface area contributed by atoms with Gasteiger partial charge >= 0.3 is 6.09 Å². The molecule has 1 fully saturated rings. The molecule has 1 saturated heterocycles. The SMILES string of the molecule is CC(C)(C)OC(=O)N1CCC[C@H](Sc2ccncc2)C1. The van der Waals surface area contributed by atoms with Gasteiger partial charge in [-0.25, -0.2) is 4.79 Å². The molecule has 1 amide bonds. The number of likely N-dealkylation sites (tertiary alicyclic amines) is 1. The van der Waals surface area contributed by atoms with Crippen LogP contribution >= 0.6 is 11.8 Å². The number of nitrogens with zero attached hydrogens (tertiary/aromatic N) is 2. The van der Waals surface area contributed by atoms with E-state index in [-0.39, 0.29) is 6.09 Å². The van der Waals surface area contributed by atoms with E-state index in [1.807, 2.05) is 49.6 Å². The topological polar surface area (TPSA) is 42.4 Å². The van der Waals surface area contributed by atoms with Crippen molar-refractivity contribution in [3.8, 4) is 0 Å². The zero-order valence-corrected chi connectivity index (χ0v) is 13.2. The van der Waals surface area contributed by atoms with E-state index < -0.39 is 5.60 Å². The molecule has 0 unspecified atom stereocenters. The summed E-state index contributed by atoms with van der Waals surface area (Å²) >= 11 is 1.81. The molecule has 0 bridgehead atoms. The largest absolute Gasteiger partial charge is 0.444 e. The molecule has 1 aromatic heterocycles. The maximum atomic E-state index is 12.1. The lowest BCUT2D eigenvalue weighted by molar-refractivity contribution is 0.0220. The average Bonchev–Trinajstić information content (AvgIpc) is 2.38. The number of carbonyl (C=O) groups is 1.